The summed E-state index contributed by atoms with van der Waals surface area (Å²) < 4.78 is 33.4. The molecule has 0 atom stereocenters. The molecule has 0 aliphatic heterocycles. The second-order valence-corrected chi connectivity index (χ2v) is 8.20. The lowest BCUT2D eigenvalue weighted by atomic mass is 10.1. The van der Waals surface area contributed by atoms with Crippen LogP contribution in [0.3, 0.4) is 0 Å². The van der Waals surface area contributed by atoms with Crippen molar-refractivity contribution < 1.29 is 13.2 Å². The van der Waals surface area contributed by atoms with Crippen LogP contribution in [0.4, 0.5) is 0 Å². The molecule has 136 valence electrons. The maximum atomic E-state index is 12.7. The Kier molecular flexibility index (Phi) is 6.21. The van der Waals surface area contributed by atoms with Gasteiger partial charge in [-0.3, -0.25) is 0 Å². The lowest BCUT2D eigenvalue weighted by Gasteiger charge is -2.14. The monoisotopic (exact) mass is 362 g/mol. The molecule has 0 heterocycles. The van der Waals surface area contributed by atoms with Gasteiger partial charge in [0.15, 0.2) is 0 Å². The molecule has 2 rings (SSSR count). The van der Waals surface area contributed by atoms with E-state index in [0.29, 0.717) is 5.75 Å². The van der Waals surface area contributed by atoms with Crippen molar-refractivity contribution in [1.82, 2.24) is 9.62 Å². The second-order valence-electron chi connectivity index (χ2n) is 6.47. The normalized spacial score (nSPS) is 11.8. The number of nitrogens with one attached hydrogen (secondary N) is 1. The maximum absolute atomic E-state index is 12.7. The van der Waals surface area contributed by atoms with Crippen molar-refractivity contribution >= 4 is 10.0 Å². The van der Waals surface area contributed by atoms with Crippen LogP contribution in [0.25, 0.3) is 0 Å². The van der Waals surface area contributed by atoms with Gasteiger partial charge in [-0.1, -0.05) is 24.3 Å². The summed E-state index contributed by atoms with van der Waals surface area (Å²) in [6.45, 7) is 4.86. The maximum Gasteiger partial charge on any atom is 0.244 e. The van der Waals surface area contributed by atoms with Crippen molar-refractivity contribution in [2.75, 3.05) is 21.2 Å². The molecule has 0 aromatic heterocycles. The van der Waals surface area contributed by atoms with Gasteiger partial charge in [0.2, 0.25) is 10.0 Å². The summed E-state index contributed by atoms with van der Waals surface area (Å²) >= 11 is 0. The first-order valence-corrected chi connectivity index (χ1v) is 9.58. The van der Waals surface area contributed by atoms with Crippen molar-refractivity contribution in [3.8, 4) is 5.75 Å². The number of hydrogen-bond acceptors (Lipinski definition) is 4. The van der Waals surface area contributed by atoms with Crippen LogP contribution in [0.2, 0.25) is 0 Å². The number of aryl methyl sites for hydroxylation is 2. The minimum atomic E-state index is -3.66. The summed E-state index contributed by atoms with van der Waals surface area (Å²) in [6.07, 6.45) is 0. The molecule has 0 bridgehead atoms. The molecule has 0 saturated carbocycles. The molecule has 2 aromatic carbocycles. The lowest BCUT2D eigenvalue weighted by Crippen LogP contribution is -2.24. The highest BCUT2D eigenvalue weighted by molar-refractivity contribution is 7.89. The van der Waals surface area contributed by atoms with Gasteiger partial charge in [-0.05, 0) is 62.3 Å². The van der Waals surface area contributed by atoms with Gasteiger partial charge in [0, 0.05) is 13.1 Å². The van der Waals surface area contributed by atoms with E-state index in [4.69, 9.17) is 4.74 Å². The highest BCUT2D eigenvalue weighted by Gasteiger charge is 2.20. The van der Waals surface area contributed by atoms with E-state index in [9.17, 15) is 8.42 Å². The molecular formula is C19H26N2O3S. The molecule has 1 N–H and O–H groups in total. The molecule has 0 saturated heterocycles. The Morgan fingerprint density at radius 3 is 2.32 bits per heavy atom. The van der Waals surface area contributed by atoms with Crippen LogP contribution in [-0.4, -0.2) is 34.5 Å². The minimum absolute atomic E-state index is 0.169. The average Bonchev–Trinajstić information content (AvgIpc) is 2.55. The predicted octanol–water partition coefficient (Wildman–Crippen LogP) is 2.85. The zero-order chi connectivity index (χ0) is 18.6. The van der Waals surface area contributed by atoms with Crippen molar-refractivity contribution in [1.29, 1.82) is 0 Å². The molecule has 5 nitrogen and oxygen atoms in total. The fraction of sp³-hybridized carbons (Fsp3) is 0.368. The van der Waals surface area contributed by atoms with E-state index < -0.39 is 10.0 Å². The molecule has 0 radical (unpaired) electrons. The van der Waals surface area contributed by atoms with E-state index in [1.807, 2.05) is 52.2 Å². The lowest BCUT2D eigenvalue weighted by molar-refractivity contribution is 0.401. The molecule has 0 aliphatic carbocycles. The molecule has 0 amide bonds. The van der Waals surface area contributed by atoms with Gasteiger partial charge in [-0.25, -0.2) is 13.1 Å². The van der Waals surface area contributed by atoms with Gasteiger partial charge in [0.25, 0.3) is 0 Å². The first kappa shape index (κ1) is 19.4. The number of benzene rings is 2. The zero-order valence-electron chi connectivity index (χ0n) is 15.5. The summed E-state index contributed by atoms with van der Waals surface area (Å²) in [4.78, 5) is 2.24. The molecule has 0 aliphatic rings. The van der Waals surface area contributed by atoms with E-state index in [1.54, 1.807) is 12.1 Å². The highest BCUT2D eigenvalue weighted by atomic mass is 32.2. The molecule has 0 fully saturated rings. The fourth-order valence-corrected chi connectivity index (χ4v) is 3.84. The second kappa shape index (κ2) is 7.99. The van der Waals surface area contributed by atoms with Crippen LogP contribution in [0.1, 0.15) is 22.3 Å². The number of hydrogen-bond donors (Lipinski definition) is 1. The summed E-state index contributed by atoms with van der Waals surface area (Å²) in [5.74, 6) is 0.358. The smallest absolute Gasteiger partial charge is 0.244 e. The van der Waals surface area contributed by atoms with Gasteiger partial charge in [0.1, 0.15) is 10.6 Å². The standard InChI is InChI=1S/C19H26N2O3S/c1-14-9-18(24-5)19(10-15(14)2)25(22,23)20-12-16-7-6-8-17(11-16)13-21(3)4/h6-11,20H,12-13H2,1-5H3. The van der Waals surface area contributed by atoms with Crippen molar-refractivity contribution in [3.05, 3.63) is 58.7 Å². The fourth-order valence-electron chi connectivity index (χ4n) is 2.59. The predicted molar refractivity (Wildman–Crippen MR) is 100 cm³/mol. The van der Waals surface area contributed by atoms with Gasteiger partial charge in [0.05, 0.1) is 7.11 Å². The molecule has 6 heteroatoms. The van der Waals surface area contributed by atoms with Crippen LogP contribution in [0.5, 0.6) is 5.75 Å². The number of methoxy groups -OCH3 is 1. The van der Waals surface area contributed by atoms with Gasteiger partial charge in [-0.2, -0.15) is 0 Å². The Hall–Kier alpha value is -1.89. The molecule has 0 unspecified atom stereocenters. The third kappa shape index (κ3) is 5.04. The Morgan fingerprint density at radius 2 is 1.68 bits per heavy atom. The Morgan fingerprint density at radius 1 is 1.04 bits per heavy atom. The summed E-state index contributed by atoms with van der Waals surface area (Å²) in [5.41, 5.74) is 3.97. The van der Waals surface area contributed by atoms with Gasteiger partial charge in [-0.15, -0.1) is 0 Å². The van der Waals surface area contributed by atoms with Crippen LogP contribution in [0, 0.1) is 13.8 Å². The molecule has 2 aromatic rings. The van der Waals surface area contributed by atoms with E-state index in [-0.39, 0.29) is 11.4 Å². The first-order chi connectivity index (χ1) is 11.7. The number of ether oxygens (including phenoxy) is 1. The highest BCUT2D eigenvalue weighted by Crippen LogP contribution is 2.27. The first-order valence-electron chi connectivity index (χ1n) is 8.10. The Bertz CT molecular complexity index is 846. The molecule has 0 spiro atoms. The third-order valence-corrected chi connectivity index (χ3v) is 5.45. The quantitative estimate of drug-likeness (QED) is 0.823. The number of nitrogens with zero attached hydrogens (tertiary/aromatic N) is 1. The number of sulfonamides is 1. The topological polar surface area (TPSA) is 58.6 Å². The number of rotatable bonds is 7. The van der Waals surface area contributed by atoms with Crippen LogP contribution in [-0.2, 0) is 23.1 Å². The average molecular weight is 362 g/mol. The summed E-state index contributed by atoms with van der Waals surface area (Å²) in [5, 5.41) is 0. The van der Waals surface area contributed by atoms with Crippen LogP contribution < -0.4 is 9.46 Å². The van der Waals surface area contributed by atoms with Gasteiger partial charge >= 0.3 is 0 Å². The van der Waals surface area contributed by atoms with Crippen LogP contribution in [0.15, 0.2) is 41.3 Å². The largest absolute Gasteiger partial charge is 0.495 e. The van der Waals surface area contributed by atoms with Crippen molar-refractivity contribution in [2.45, 2.75) is 31.8 Å². The van der Waals surface area contributed by atoms with E-state index in [2.05, 4.69) is 9.62 Å². The third-order valence-electron chi connectivity index (χ3n) is 4.03. The van der Waals surface area contributed by atoms with Gasteiger partial charge < -0.3 is 9.64 Å². The van der Waals surface area contributed by atoms with E-state index in [1.165, 1.54) is 7.11 Å². The molecular weight excluding hydrogens is 336 g/mol. The summed E-state index contributed by atoms with van der Waals surface area (Å²) in [7, 11) is 1.82. The van der Waals surface area contributed by atoms with Crippen molar-refractivity contribution in [3.63, 3.8) is 0 Å². The minimum Gasteiger partial charge on any atom is -0.495 e. The summed E-state index contributed by atoms with van der Waals surface area (Å²) in [6, 6.07) is 11.3. The zero-order valence-corrected chi connectivity index (χ0v) is 16.3. The van der Waals surface area contributed by atoms with Crippen molar-refractivity contribution in [2.24, 2.45) is 0 Å². The van der Waals surface area contributed by atoms with Crippen LogP contribution >= 0.6 is 0 Å². The SMILES string of the molecule is COc1cc(C)c(C)cc1S(=O)(=O)NCc1cccc(CN(C)C)c1. The Labute approximate surface area is 150 Å². The molecule has 25 heavy (non-hydrogen) atoms. The Balaban J connectivity index is 2.21. The van der Waals surface area contributed by atoms with E-state index >= 15 is 0 Å². The van der Waals surface area contributed by atoms with E-state index in [0.717, 1.165) is 28.8 Å².